The Bertz CT molecular complexity index is 621. The van der Waals surface area contributed by atoms with Crippen LogP contribution in [0.15, 0.2) is 29.2 Å². The van der Waals surface area contributed by atoms with Crippen molar-refractivity contribution >= 4 is 5.65 Å². The van der Waals surface area contributed by atoms with Crippen molar-refractivity contribution in [2.24, 2.45) is 0 Å². The van der Waals surface area contributed by atoms with Crippen molar-refractivity contribution in [2.45, 2.75) is 13.1 Å². The van der Waals surface area contributed by atoms with Crippen LogP contribution in [0.5, 0.6) is 0 Å². The summed E-state index contributed by atoms with van der Waals surface area (Å²) in [6.07, 6.45) is -3.33. The van der Waals surface area contributed by atoms with Gasteiger partial charge in [0, 0.05) is 13.6 Å². The van der Waals surface area contributed by atoms with Gasteiger partial charge in [0.05, 0.1) is 0 Å². The highest BCUT2D eigenvalue weighted by Gasteiger charge is 2.33. The molecule has 16 heavy (non-hydrogen) atoms. The molecule has 0 unspecified atom stereocenters. The van der Waals surface area contributed by atoms with Crippen molar-refractivity contribution in [3.05, 3.63) is 46.0 Å². The molecule has 2 aromatic heterocycles. The zero-order valence-corrected chi connectivity index (χ0v) is 7.95. The van der Waals surface area contributed by atoms with Crippen LogP contribution < -0.4 is 5.56 Å². The van der Waals surface area contributed by atoms with E-state index in [4.69, 9.17) is 1.37 Å². The molecule has 0 aliphatic rings. The number of halogens is 3. The van der Waals surface area contributed by atoms with Crippen molar-refractivity contribution in [3.8, 4) is 0 Å². The lowest BCUT2D eigenvalue weighted by molar-refractivity contribution is -0.141. The first-order valence-electron chi connectivity index (χ1n) is 5.01. The Morgan fingerprint density at radius 3 is 2.81 bits per heavy atom. The van der Waals surface area contributed by atoms with E-state index in [1.807, 2.05) is 0 Å². The quantitative estimate of drug-likeness (QED) is 0.692. The van der Waals surface area contributed by atoms with E-state index in [-0.39, 0.29) is 12.5 Å². The van der Waals surface area contributed by atoms with Crippen molar-refractivity contribution in [3.63, 3.8) is 0 Å². The minimum absolute atomic E-state index is 0.0807. The summed E-state index contributed by atoms with van der Waals surface area (Å²) in [7, 11) is 0. The number of alkyl halides is 3. The Kier molecular flexibility index (Phi) is 1.95. The van der Waals surface area contributed by atoms with E-state index in [1.54, 1.807) is 0 Å². The summed E-state index contributed by atoms with van der Waals surface area (Å²) in [5.41, 5.74) is -1.62. The van der Waals surface area contributed by atoms with Crippen molar-refractivity contribution < 1.29 is 14.5 Å². The average Bonchev–Trinajstić information content (AvgIpc) is 2.27. The summed E-state index contributed by atoms with van der Waals surface area (Å²) in [6, 6.07) is 3.24. The SMILES string of the molecule is [2H]Cc1ccn2c(=O)cc(C(F)(F)F)nc2c1. The maximum Gasteiger partial charge on any atom is 0.433 e. The Balaban J connectivity index is 2.75. The van der Waals surface area contributed by atoms with Crippen LogP contribution >= 0.6 is 0 Å². The fraction of sp³-hybridized carbons (Fsp3) is 0.200. The smallest absolute Gasteiger partial charge is 0.269 e. The summed E-state index contributed by atoms with van der Waals surface area (Å²) in [5, 5.41) is 0. The molecule has 2 aromatic rings. The van der Waals surface area contributed by atoms with E-state index < -0.39 is 17.4 Å². The van der Waals surface area contributed by atoms with Gasteiger partial charge in [0.1, 0.15) is 5.65 Å². The number of pyridine rings is 1. The van der Waals surface area contributed by atoms with E-state index in [0.29, 0.717) is 11.6 Å². The molecule has 0 atom stereocenters. The molecule has 0 aliphatic heterocycles. The fourth-order valence-corrected chi connectivity index (χ4v) is 1.29. The molecule has 0 spiro atoms. The molecule has 0 N–H and O–H groups in total. The fourth-order valence-electron chi connectivity index (χ4n) is 1.29. The molecule has 0 radical (unpaired) electrons. The lowest BCUT2D eigenvalue weighted by Crippen LogP contribution is -2.19. The monoisotopic (exact) mass is 229 g/mol. The molecule has 0 saturated heterocycles. The minimum atomic E-state index is -4.65. The maximum absolute atomic E-state index is 12.4. The first kappa shape index (κ1) is 9.38. The third kappa shape index (κ3) is 1.78. The highest BCUT2D eigenvalue weighted by Crippen LogP contribution is 2.26. The summed E-state index contributed by atoms with van der Waals surface area (Å²) in [5.74, 6) is 0. The number of aryl methyl sites for hydroxylation is 1. The topological polar surface area (TPSA) is 34.4 Å². The maximum atomic E-state index is 12.4. The third-order valence-electron chi connectivity index (χ3n) is 2.02. The molecule has 0 fully saturated rings. The normalized spacial score (nSPS) is 12.8. The predicted molar refractivity (Wildman–Crippen MR) is 51.2 cm³/mol. The standard InChI is InChI=1S/C10H7F3N2O/c1-6-2-3-15-8(4-6)14-7(5-9(15)16)10(11,12)13/h2-5H,1H3/i1D. The van der Waals surface area contributed by atoms with Crippen molar-refractivity contribution in [2.75, 3.05) is 0 Å². The molecule has 2 rings (SSSR count). The Labute approximate surface area is 89.6 Å². The van der Waals surface area contributed by atoms with E-state index in [9.17, 15) is 18.0 Å². The molecule has 0 aromatic carbocycles. The number of nitrogens with zero attached hydrogens (tertiary/aromatic N) is 2. The minimum Gasteiger partial charge on any atom is -0.269 e. The van der Waals surface area contributed by atoms with Crippen LogP contribution in [0.3, 0.4) is 0 Å². The van der Waals surface area contributed by atoms with Gasteiger partial charge >= 0.3 is 6.18 Å². The first-order valence-corrected chi connectivity index (χ1v) is 4.30. The third-order valence-corrected chi connectivity index (χ3v) is 2.02. The van der Waals surface area contributed by atoms with E-state index >= 15 is 0 Å². The lowest BCUT2D eigenvalue weighted by Gasteiger charge is -2.07. The number of fused-ring (bicyclic) bond motifs is 1. The lowest BCUT2D eigenvalue weighted by atomic mass is 10.3. The van der Waals surface area contributed by atoms with Crippen LogP contribution in [-0.2, 0) is 6.18 Å². The molecule has 6 heteroatoms. The Morgan fingerprint density at radius 2 is 2.19 bits per heavy atom. The van der Waals surface area contributed by atoms with Crippen LogP contribution in [0.2, 0.25) is 0 Å². The second-order valence-corrected chi connectivity index (χ2v) is 3.24. The summed E-state index contributed by atoms with van der Waals surface area (Å²) < 4.78 is 45.4. The molecular weight excluding hydrogens is 221 g/mol. The Hall–Kier alpha value is -1.85. The van der Waals surface area contributed by atoms with Gasteiger partial charge < -0.3 is 0 Å². The number of aromatic nitrogens is 2. The average molecular weight is 229 g/mol. The Morgan fingerprint density at radius 1 is 1.44 bits per heavy atom. The predicted octanol–water partition coefficient (Wildman–Crippen LogP) is 2.02. The first-order chi connectivity index (χ1) is 7.91. The van der Waals surface area contributed by atoms with E-state index in [0.717, 1.165) is 4.40 Å². The second kappa shape index (κ2) is 3.33. The summed E-state index contributed by atoms with van der Waals surface area (Å²) in [6.45, 7) is -0.0807. The largest absolute Gasteiger partial charge is 0.433 e. The van der Waals surface area contributed by atoms with Crippen LogP contribution in [0.25, 0.3) is 5.65 Å². The van der Waals surface area contributed by atoms with Gasteiger partial charge in [-0.2, -0.15) is 13.2 Å². The van der Waals surface area contributed by atoms with Gasteiger partial charge in [-0.05, 0) is 24.6 Å². The van der Waals surface area contributed by atoms with E-state index in [1.165, 1.54) is 18.3 Å². The molecule has 2 heterocycles. The second-order valence-electron chi connectivity index (χ2n) is 3.24. The molecule has 84 valence electrons. The molecule has 0 bridgehead atoms. The zero-order valence-electron chi connectivity index (χ0n) is 8.95. The van der Waals surface area contributed by atoms with Crippen molar-refractivity contribution in [1.82, 2.24) is 9.38 Å². The van der Waals surface area contributed by atoms with Gasteiger partial charge in [-0.25, -0.2) is 4.98 Å². The molecule has 0 saturated carbocycles. The number of hydrogen-bond acceptors (Lipinski definition) is 2. The van der Waals surface area contributed by atoms with Crippen LogP contribution in [-0.4, -0.2) is 9.38 Å². The number of rotatable bonds is 0. The van der Waals surface area contributed by atoms with Crippen LogP contribution in [0.4, 0.5) is 13.2 Å². The van der Waals surface area contributed by atoms with Gasteiger partial charge in [-0.1, -0.05) is 0 Å². The van der Waals surface area contributed by atoms with Gasteiger partial charge in [0.15, 0.2) is 5.69 Å². The van der Waals surface area contributed by atoms with Crippen LogP contribution in [0.1, 0.15) is 12.6 Å². The summed E-state index contributed by atoms with van der Waals surface area (Å²) in [4.78, 5) is 14.8. The molecule has 0 aliphatic carbocycles. The van der Waals surface area contributed by atoms with Gasteiger partial charge in [0.2, 0.25) is 0 Å². The van der Waals surface area contributed by atoms with Crippen molar-refractivity contribution in [1.29, 1.82) is 0 Å². The highest BCUT2D eigenvalue weighted by atomic mass is 19.4. The molecular formula is C10H7F3N2O. The molecule has 3 nitrogen and oxygen atoms in total. The highest BCUT2D eigenvalue weighted by molar-refractivity contribution is 5.41. The van der Waals surface area contributed by atoms with Gasteiger partial charge in [-0.15, -0.1) is 0 Å². The molecule has 0 amide bonds. The number of hydrogen-bond donors (Lipinski definition) is 0. The van der Waals surface area contributed by atoms with Gasteiger partial charge in [0.25, 0.3) is 5.56 Å². The van der Waals surface area contributed by atoms with Gasteiger partial charge in [-0.3, -0.25) is 9.20 Å². The van der Waals surface area contributed by atoms with E-state index in [2.05, 4.69) is 4.98 Å². The summed E-state index contributed by atoms with van der Waals surface area (Å²) >= 11 is 0. The van der Waals surface area contributed by atoms with Crippen LogP contribution in [0, 0.1) is 6.90 Å². The zero-order chi connectivity index (χ0) is 12.6.